The normalized spacial score (nSPS) is 16.0. The highest BCUT2D eigenvalue weighted by molar-refractivity contribution is 5.79. The van der Waals surface area contributed by atoms with Gasteiger partial charge in [0.2, 0.25) is 11.8 Å². The number of benzene rings is 1. The van der Waals surface area contributed by atoms with Crippen molar-refractivity contribution >= 4 is 11.7 Å². The van der Waals surface area contributed by atoms with Crippen molar-refractivity contribution in [3.8, 4) is 5.88 Å². The SMILES string of the molecule is COc1ccc(N2CCC(C(=O)N[C@H](C)CCc3ccccc3)CC2)nn1. The molecule has 1 saturated heterocycles. The van der Waals surface area contributed by atoms with Gasteiger partial charge < -0.3 is 15.0 Å². The van der Waals surface area contributed by atoms with E-state index in [-0.39, 0.29) is 17.9 Å². The minimum absolute atomic E-state index is 0.0756. The topological polar surface area (TPSA) is 67.3 Å². The van der Waals surface area contributed by atoms with Crippen LogP contribution in [0.15, 0.2) is 42.5 Å². The smallest absolute Gasteiger partial charge is 0.233 e. The van der Waals surface area contributed by atoms with E-state index in [1.54, 1.807) is 7.11 Å². The molecule has 0 saturated carbocycles. The van der Waals surface area contributed by atoms with Gasteiger partial charge in [0, 0.05) is 31.1 Å². The molecule has 1 atom stereocenters. The quantitative estimate of drug-likeness (QED) is 0.814. The van der Waals surface area contributed by atoms with Gasteiger partial charge in [0.15, 0.2) is 5.82 Å². The number of hydrogen-bond donors (Lipinski definition) is 1. The third kappa shape index (κ3) is 5.42. The first-order valence-electron chi connectivity index (χ1n) is 9.62. The molecule has 3 rings (SSSR count). The summed E-state index contributed by atoms with van der Waals surface area (Å²) in [5.74, 6) is 1.60. The lowest BCUT2D eigenvalue weighted by molar-refractivity contribution is -0.126. The summed E-state index contributed by atoms with van der Waals surface area (Å²) in [4.78, 5) is 14.7. The molecule has 2 heterocycles. The van der Waals surface area contributed by atoms with Crippen LogP contribution in [0.3, 0.4) is 0 Å². The van der Waals surface area contributed by atoms with Gasteiger partial charge in [-0.05, 0) is 44.2 Å². The molecule has 0 aliphatic carbocycles. The van der Waals surface area contributed by atoms with E-state index in [1.807, 2.05) is 18.2 Å². The predicted octanol–water partition coefficient (Wildman–Crippen LogP) is 2.84. The van der Waals surface area contributed by atoms with Crippen LogP contribution in [0.5, 0.6) is 5.88 Å². The first-order valence-corrected chi connectivity index (χ1v) is 9.62. The summed E-state index contributed by atoms with van der Waals surface area (Å²) in [6, 6.07) is 14.3. The number of methoxy groups -OCH3 is 1. The highest BCUT2D eigenvalue weighted by Gasteiger charge is 2.26. The zero-order chi connectivity index (χ0) is 19.1. The maximum atomic E-state index is 12.6. The Morgan fingerprint density at radius 1 is 1.19 bits per heavy atom. The average Bonchev–Trinajstić information content (AvgIpc) is 2.73. The first kappa shape index (κ1) is 19.1. The van der Waals surface area contributed by atoms with Crippen molar-refractivity contribution in [2.75, 3.05) is 25.1 Å². The predicted molar refractivity (Wildman–Crippen MR) is 106 cm³/mol. The van der Waals surface area contributed by atoms with Crippen LogP contribution < -0.4 is 15.0 Å². The number of anilines is 1. The standard InChI is InChI=1S/C21H28N4O2/c1-16(8-9-17-6-4-3-5-7-17)22-21(26)18-12-14-25(15-13-18)19-10-11-20(27-2)24-23-19/h3-7,10-11,16,18H,8-9,12-15H2,1-2H3,(H,22,26)/t16-/m1/s1. The number of carbonyl (C=O) groups is 1. The first-order chi connectivity index (χ1) is 13.2. The lowest BCUT2D eigenvalue weighted by Crippen LogP contribution is -2.43. The van der Waals surface area contributed by atoms with Crippen LogP contribution in [0.1, 0.15) is 31.7 Å². The Kier molecular flexibility index (Phi) is 6.63. The van der Waals surface area contributed by atoms with E-state index in [9.17, 15) is 4.79 Å². The van der Waals surface area contributed by atoms with Gasteiger partial charge in [0.05, 0.1) is 7.11 Å². The number of ether oxygens (including phenoxy) is 1. The Bertz CT molecular complexity index is 713. The molecular formula is C21H28N4O2. The third-order valence-corrected chi connectivity index (χ3v) is 5.12. The molecule has 1 aromatic heterocycles. The van der Waals surface area contributed by atoms with Crippen LogP contribution >= 0.6 is 0 Å². The van der Waals surface area contributed by atoms with Crippen molar-refractivity contribution in [2.24, 2.45) is 5.92 Å². The molecule has 1 aromatic carbocycles. The summed E-state index contributed by atoms with van der Waals surface area (Å²) in [6.07, 6.45) is 3.61. The summed E-state index contributed by atoms with van der Waals surface area (Å²) in [5, 5.41) is 11.4. The molecule has 0 bridgehead atoms. The number of nitrogens with zero attached hydrogens (tertiary/aromatic N) is 3. The average molecular weight is 368 g/mol. The van der Waals surface area contributed by atoms with Crippen LogP contribution in [0.4, 0.5) is 5.82 Å². The fourth-order valence-electron chi connectivity index (χ4n) is 3.42. The largest absolute Gasteiger partial charge is 0.480 e. The van der Waals surface area contributed by atoms with E-state index in [2.05, 4.69) is 51.6 Å². The fraction of sp³-hybridized carbons (Fsp3) is 0.476. The highest BCUT2D eigenvalue weighted by atomic mass is 16.5. The lowest BCUT2D eigenvalue weighted by atomic mass is 9.95. The Labute approximate surface area is 160 Å². The molecule has 2 aromatic rings. The molecule has 1 N–H and O–H groups in total. The molecule has 1 amide bonds. The monoisotopic (exact) mass is 368 g/mol. The van der Waals surface area contributed by atoms with Gasteiger partial charge in [-0.3, -0.25) is 4.79 Å². The molecule has 1 aliphatic heterocycles. The number of aryl methyl sites for hydroxylation is 1. The third-order valence-electron chi connectivity index (χ3n) is 5.12. The van der Waals surface area contributed by atoms with Crippen molar-refractivity contribution in [1.82, 2.24) is 15.5 Å². The Hall–Kier alpha value is -2.63. The Balaban J connectivity index is 1.42. The minimum Gasteiger partial charge on any atom is -0.480 e. The second kappa shape index (κ2) is 9.35. The van der Waals surface area contributed by atoms with Gasteiger partial charge in [0.25, 0.3) is 0 Å². The van der Waals surface area contributed by atoms with E-state index < -0.39 is 0 Å². The van der Waals surface area contributed by atoms with Crippen LogP contribution in [-0.4, -0.2) is 42.3 Å². The molecule has 144 valence electrons. The highest BCUT2D eigenvalue weighted by Crippen LogP contribution is 2.22. The second-order valence-corrected chi connectivity index (χ2v) is 7.13. The summed E-state index contributed by atoms with van der Waals surface area (Å²) >= 11 is 0. The van der Waals surface area contributed by atoms with Gasteiger partial charge in [0.1, 0.15) is 0 Å². The zero-order valence-electron chi connectivity index (χ0n) is 16.1. The molecule has 0 unspecified atom stereocenters. The van der Waals surface area contributed by atoms with E-state index >= 15 is 0 Å². The van der Waals surface area contributed by atoms with E-state index in [0.29, 0.717) is 5.88 Å². The van der Waals surface area contributed by atoms with Gasteiger partial charge in [-0.25, -0.2) is 0 Å². The number of piperidine rings is 1. The number of nitrogens with one attached hydrogen (secondary N) is 1. The van der Waals surface area contributed by atoms with Gasteiger partial charge in [-0.1, -0.05) is 30.3 Å². The van der Waals surface area contributed by atoms with Crippen molar-refractivity contribution in [3.05, 3.63) is 48.0 Å². The zero-order valence-corrected chi connectivity index (χ0v) is 16.1. The minimum atomic E-state index is 0.0756. The maximum Gasteiger partial charge on any atom is 0.233 e. The Morgan fingerprint density at radius 2 is 1.93 bits per heavy atom. The maximum absolute atomic E-state index is 12.6. The Morgan fingerprint density at radius 3 is 2.56 bits per heavy atom. The van der Waals surface area contributed by atoms with Gasteiger partial charge in [-0.2, -0.15) is 0 Å². The van der Waals surface area contributed by atoms with Crippen LogP contribution in [0, 0.1) is 5.92 Å². The van der Waals surface area contributed by atoms with Gasteiger partial charge >= 0.3 is 0 Å². The second-order valence-electron chi connectivity index (χ2n) is 7.13. The van der Waals surface area contributed by atoms with Crippen molar-refractivity contribution in [3.63, 3.8) is 0 Å². The summed E-state index contributed by atoms with van der Waals surface area (Å²) in [5.41, 5.74) is 1.31. The lowest BCUT2D eigenvalue weighted by Gasteiger charge is -2.32. The molecule has 0 radical (unpaired) electrons. The molecule has 0 spiro atoms. The fourth-order valence-corrected chi connectivity index (χ4v) is 3.42. The van der Waals surface area contributed by atoms with Crippen molar-refractivity contribution < 1.29 is 9.53 Å². The molecular weight excluding hydrogens is 340 g/mol. The van der Waals surface area contributed by atoms with Gasteiger partial charge in [-0.15, -0.1) is 10.2 Å². The number of hydrogen-bond acceptors (Lipinski definition) is 5. The molecule has 27 heavy (non-hydrogen) atoms. The molecule has 1 fully saturated rings. The van der Waals surface area contributed by atoms with Crippen molar-refractivity contribution in [1.29, 1.82) is 0 Å². The number of rotatable bonds is 7. The summed E-state index contributed by atoms with van der Waals surface area (Å²) in [7, 11) is 1.58. The van der Waals surface area contributed by atoms with Crippen molar-refractivity contribution in [2.45, 2.75) is 38.6 Å². The van der Waals surface area contributed by atoms with E-state index in [4.69, 9.17) is 4.74 Å². The number of aromatic nitrogens is 2. The summed E-state index contributed by atoms with van der Waals surface area (Å²) in [6.45, 7) is 3.72. The van der Waals surface area contributed by atoms with Crippen LogP contribution in [0.2, 0.25) is 0 Å². The molecule has 6 heteroatoms. The molecule has 1 aliphatic rings. The molecule has 6 nitrogen and oxygen atoms in total. The summed E-state index contributed by atoms with van der Waals surface area (Å²) < 4.78 is 5.04. The van der Waals surface area contributed by atoms with E-state index in [0.717, 1.165) is 44.6 Å². The van der Waals surface area contributed by atoms with Crippen LogP contribution in [0.25, 0.3) is 0 Å². The van der Waals surface area contributed by atoms with E-state index in [1.165, 1.54) is 5.56 Å². The number of amides is 1. The van der Waals surface area contributed by atoms with Crippen LogP contribution in [-0.2, 0) is 11.2 Å². The number of carbonyl (C=O) groups excluding carboxylic acids is 1.